The Labute approximate surface area is 208 Å². The van der Waals surface area contributed by atoms with E-state index in [9.17, 15) is 14.4 Å². The van der Waals surface area contributed by atoms with Crippen molar-refractivity contribution in [1.29, 1.82) is 0 Å². The minimum absolute atomic E-state index is 0.0821. The van der Waals surface area contributed by atoms with Gasteiger partial charge in [0.2, 0.25) is 0 Å². The van der Waals surface area contributed by atoms with Crippen LogP contribution in [-0.2, 0) is 32.0 Å². The van der Waals surface area contributed by atoms with Crippen LogP contribution in [0.25, 0.3) is 0 Å². The summed E-state index contributed by atoms with van der Waals surface area (Å²) in [6.07, 6.45) is -7.40. The summed E-state index contributed by atoms with van der Waals surface area (Å²) in [6, 6.07) is 14.0. The van der Waals surface area contributed by atoms with Gasteiger partial charge in [-0.1, -0.05) is 60.7 Å². The van der Waals surface area contributed by atoms with Crippen LogP contribution in [0.2, 0.25) is 0 Å². The molecule has 2 aromatic rings. The van der Waals surface area contributed by atoms with E-state index < -0.39 is 54.4 Å². The Morgan fingerprint density at radius 3 is 1.86 bits per heavy atom. The van der Waals surface area contributed by atoms with Crippen molar-refractivity contribution in [2.75, 3.05) is 6.61 Å². The van der Waals surface area contributed by atoms with Crippen LogP contribution in [0.15, 0.2) is 60.7 Å². The Balaban J connectivity index is 2.74. The Morgan fingerprint density at radius 1 is 0.917 bits per heavy atom. The second-order valence-electron chi connectivity index (χ2n) is 9.14. The number of benzene rings is 2. The molecule has 7 nitrogen and oxygen atoms in total. The molecule has 0 bridgehead atoms. The van der Waals surface area contributed by atoms with Crippen LogP contribution in [0.1, 0.15) is 38.8 Å². The van der Waals surface area contributed by atoms with Gasteiger partial charge in [-0.05, 0) is 45.2 Å². The molecule has 2 rings (SSSR count). The summed E-state index contributed by atoms with van der Waals surface area (Å²) in [5.41, 5.74) is 1.42. The monoisotopic (exact) mass is 508 g/mol. The van der Waals surface area contributed by atoms with Crippen molar-refractivity contribution in [3.63, 3.8) is 0 Å². The number of nitrogens with zero attached hydrogens (tertiary/aromatic N) is 1. The van der Waals surface area contributed by atoms with Gasteiger partial charge in [-0.15, -0.1) is 0 Å². The van der Waals surface area contributed by atoms with Crippen molar-refractivity contribution in [1.82, 2.24) is 4.90 Å². The van der Waals surface area contributed by atoms with E-state index in [1.54, 1.807) is 48.5 Å². The van der Waals surface area contributed by atoms with E-state index in [1.807, 2.05) is 0 Å². The van der Waals surface area contributed by atoms with E-state index in [4.69, 9.17) is 15.2 Å². The van der Waals surface area contributed by atoms with Crippen molar-refractivity contribution in [3.8, 4) is 0 Å². The number of alkyl halides is 3. The molecule has 0 heterocycles. The predicted octanol–water partition coefficient (Wildman–Crippen LogP) is 4.43. The van der Waals surface area contributed by atoms with Gasteiger partial charge in [0.15, 0.2) is 5.78 Å². The first-order chi connectivity index (χ1) is 16.7. The maximum atomic E-state index is 15.0. The fraction of sp³-hybridized carbons (Fsp3) is 0.423. The molecule has 1 unspecified atom stereocenters. The molecule has 0 aliphatic carbocycles. The predicted molar refractivity (Wildman–Crippen MR) is 127 cm³/mol. The van der Waals surface area contributed by atoms with Gasteiger partial charge in [0.25, 0.3) is 5.54 Å². The zero-order valence-electron chi connectivity index (χ0n) is 20.7. The average Bonchev–Trinajstić information content (AvgIpc) is 2.78. The molecule has 10 heteroatoms. The quantitative estimate of drug-likeness (QED) is 0.398. The molecule has 0 aliphatic heterocycles. The molecule has 2 atom stereocenters. The zero-order valence-corrected chi connectivity index (χ0v) is 20.7. The Morgan fingerprint density at radius 2 is 1.42 bits per heavy atom. The summed E-state index contributed by atoms with van der Waals surface area (Å²) in [4.78, 5) is 40.1. The third-order valence-corrected chi connectivity index (χ3v) is 5.18. The molecule has 0 aromatic heterocycles. The SMILES string of the molecule is CCOC(=O)C(C(=O)[C@H](N)Cc1ccccc1)(N(Cc1ccccc1)C(=O)OC(C)(C)C)C(F)(F)F. The van der Waals surface area contributed by atoms with E-state index in [0.717, 1.165) is 0 Å². The number of ketones is 1. The summed E-state index contributed by atoms with van der Waals surface area (Å²) in [5, 5.41) is 0. The maximum absolute atomic E-state index is 15.0. The van der Waals surface area contributed by atoms with E-state index in [0.29, 0.717) is 5.56 Å². The van der Waals surface area contributed by atoms with Crippen LogP contribution in [0.3, 0.4) is 0 Å². The number of hydrogen-bond donors (Lipinski definition) is 1. The maximum Gasteiger partial charge on any atom is 0.430 e. The number of hydrogen-bond acceptors (Lipinski definition) is 6. The van der Waals surface area contributed by atoms with E-state index in [1.165, 1.54) is 39.8 Å². The normalized spacial score (nSPS) is 14.3. The van der Waals surface area contributed by atoms with Crippen molar-refractivity contribution in [2.45, 2.75) is 64.0 Å². The first-order valence-corrected chi connectivity index (χ1v) is 11.4. The minimum Gasteiger partial charge on any atom is -0.464 e. The molecule has 0 radical (unpaired) electrons. The highest BCUT2D eigenvalue weighted by Gasteiger charge is 2.72. The summed E-state index contributed by atoms with van der Waals surface area (Å²) < 4.78 is 55.1. The largest absolute Gasteiger partial charge is 0.464 e. The van der Waals surface area contributed by atoms with Gasteiger partial charge in [0.1, 0.15) is 5.60 Å². The van der Waals surface area contributed by atoms with Gasteiger partial charge in [0.05, 0.1) is 19.2 Å². The van der Waals surface area contributed by atoms with Crippen molar-refractivity contribution in [2.24, 2.45) is 5.73 Å². The topological polar surface area (TPSA) is 98.9 Å². The highest BCUT2D eigenvalue weighted by molar-refractivity contribution is 6.13. The number of nitrogens with two attached hydrogens (primary N) is 1. The number of rotatable bonds is 9. The van der Waals surface area contributed by atoms with E-state index >= 15 is 13.2 Å². The summed E-state index contributed by atoms with van der Waals surface area (Å²) in [5.74, 6) is -3.67. The molecular formula is C26H31F3N2O5. The fourth-order valence-electron chi connectivity index (χ4n) is 3.62. The molecule has 196 valence electrons. The van der Waals surface area contributed by atoms with Crippen molar-refractivity contribution < 1.29 is 37.0 Å². The number of esters is 1. The number of ether oxygens (including phenoxy) is 2. The summed E-state index contributed by atoms with van der Waals surface area (Å²) in [6.45, 7) is 4.42. The lowest BCUT2D eigenvalue weighted by molar-refractivity contribution is -0.234. The molecule has 0 spiro atoms. The van der Waals surface area contributed by atoms with Gasteiger partial charge >= 0.3 is 18.2 Å². The van der Waals surface area contributed by atoms with Gasteiger partial charge < -0.3 is 15.2 Å². The number of Topliss-reactive ketones (excluding diaryl/α,β-unsaturated/α-hetero) is 1. The molecule has 1 amide bonds. The lowest BCUT2D eigenvalue weighted by Gasteiger charge is -2.42. The Hall–Kier alpha value is -3.40. The van der Waals surface area contributed by atoms with Crippen molar-refractivity contribution in [3.05, 3.63) is 71.8 Å². The van der Waals surface area contributed by atoms with Crippen LogP contribution < -0.4 is 5.73 Å². The molecule has 36 heavy (non-hydrogen) atoms. The summed E-state index contributed by atoms with van der Waals surface area (Å²) in [7, 11) is 0. The molecule has 0 fully saturated rings. The van der Waals surface area contributed by atoms with Gasteiger partial charge in [0, 0.05) is 0 Å². The number of carbonyl (C=O) groups excluding carboxylic acids is 3. The van der Waals surface area contributed by atoms with Crippen molar-refractivity contribution >= 4 is 17.8 Å². The van der Waals surface area contributed by atoms with Crippen LogP contribution in [0, 0.1) is 0 Å². The summed E-state index contributed by atoms with van der Waals surface area (Å²) >= 11 is 0. The highest BCUT2D eigenvalue weighted by Crippen LogP contribution is 2.40. The zero-order chi connectivity index (χ0) is 27.1. The second-order valence-corrected chi connectivity index (χ2v) is 9.14. The lowest BCUT2D eigenvalue weighted by Crippen LogP contribution is -2.73. The molecule has 0 saturated carbocycles. The third-order valence-electron chi connectivity index (χ3n) is 5.18. The third kappa shape index (κ3) is 6.63. The molecule has 0 saturated heterocycles. The molecular weight excluding hydrogens is 477 g/mol. The fourth-order valence-corrected chi connectivity index (χ4v) is 3.62. The Bertz CT molecular complexity index is 1040. The lowest BCUT2D eigenvalue weighted by atomic mass is 9.84. The smallest absolute Gasteiger partial charge is 0.430 e. The van der Waals surface area contributed by atoms with E-state index in [2.05, 4.69) is 0 Å². The van der Waals surface area contributed by atoms with Crippen LogP contribution >= 0.6 is 0 Å². The number of amides is 1. The minimum atomic E-state index is -5.59. The van der Waals surface area contributed by atoms with Crippen LogP contribution in [-0.4, -0.2) is 52.7 Å². The Kier molecular flexibility index (Phi) is 9.26. The standard InChI is InChI=1S/C26H31F3N2O5/c1-5-35-22(33)25(26(27,28)29,21(32)20(30)16-18-12-8-6-9-13-18)31(23(34)36-24(2,3)4)17-19-14-10-7-11-15-19/h6-15,20H,5,16-17,30H2,1-4H3/t20-,25?/m1/s1. The van der Waals surface area contributed by atoms with Gasteiger partial charge in [-0.25, -0.2) is 9.59 Å². The van der Waals surface area contributed by atoms with Crippen LogP contribution in [0.5, 0.6) is 0 Å². The number of carbonyl (C=O) groups is 3. The first-order valence-electron chi connectivity index (χ1n) is 11.4. The second kappa shape index (κ2) is 11.6. The molecule has 2 N–H and O–H groups in total. The highest BCUT2D eigenvalue weighted by atomic mass is 19.4. The van der Waals surface area contributed by atoms with E-state index in [-0.39, 0.29) is 16.9 Å². The van der Waals surface area contributed by atoms with Gasteiger partial charge in [-0.2, -0.15) is 13.2 Å². The van der Waals surface area contributed by atoms with Crippen LogP contribution in [0.4, 0.5) is 18.0 Å². The van der Waals surface area contributed by atoms with Gasteiger partial charge in [-0.3, -0.25) is 9.69 Å². The average molecular weight is 509 g/mol. The molecule has 2 aromatic carbocycles. The first kappa shape index (κ1) is 28.8. The number of halogens is 3. The molecule has 0 aliphatic rings.